The number of primary amides is 1. The fourth-order valence-corrected chi connectivity index (χ4v) is 1.03. The summed E-state index contributed by atoms with van der Waals surface area (Å²) in [7, 11) is 0. The Morgan fingerprint density at radius 1 is 1.36 bits per heavy atom. The zero-order valence-electron chi connectivity index (χ0n) is 7.81. The summed E-state index contributed by atoms with van der Waals surface area (Å²) in [6.07, 6.45) is 3.70. The Hall–Kier alpha value is -0.530. The van der Waals surface area contributed by atoms with Crippen molar-refractivity contribution in [3.05, 3.63) is 0 Å². The van der Waals surface area contributed by atoms with E-state index in [9.17, 15) is 4.79 Å². The van der Waals surface area contributed by atoms with Gasteiger partial charge in [-0.25, -0.2) is 0 Å². The topological polar surface area (TPSA) is 43.1 Å². The van der Waals surface area contributed by atoms with Crippen LogP contribution in [0.3, 0.4) is 0 Å². The second-order valence-corrected chi connectivity index (χ2v) is 3.48. The predicted molar refractivity (Wildman–Crippen MR) is 47.1 cm³/mol. The molecule has 66 valence electrons. The number of amides is 1. The van der Waals surface area contributed by atoms with Crippen molar-refractivity contribution in [1.29, 1.82) is 0 Å². The van der Waals surface area contributed by atoms with Gasteiger partial charge in [-0.1, -0.05) is 33.6 Å². The van der Waals surface area contributed by atoms with Crippen LogP contribution in [-0.4, -0.2) is 5.91 Å². The third-order valence-corrected chi connectivity index (χ3v) is 2.68. The molecule has 0 aliphatic rings. The molecule has 0 aromatic carbocycles. The van der Waals surface area contributed by atoms with Crippen molar-refractivity contribution in [3.63, 3.8) is 0 Å². The summed E-state index contributed by atoms with van der Waals surface area (Å²) in [6.45, 7) is 6.52. The van der Waals surface area contributed by atoms with Crippen molar-refractivity contribution in [2.75, 3.05) is 0 Å². The third kappa shape index (κ3) is 4.02. The standard InChI is InChI=1S/C9H19NO/c1-4-9(3,5-2)7-6-8(10)11/h4-7H2,1-3H3,(H2,10,11). The van der Waals surface area contributed by atoms with E-state index in [-0.39, 0.29) is 5.91 Å². The van der Waals surface area contributed by atoms with Crippen molar-refractivity contribution < 1.29 is 4.79 Å². The van der Waals surface area contributed by atoms with E-state index < -0.39 is 0 Å². The Morgan fingerprint density at radius 3 is 2.09 bits per heavy atom. The van der Waals surface area contributed by atoms with E-state index in [0.29, 0.717) is 11.8 Å². The average Bonchev–Trinajstić information content (AvgIpc) is 2.00. The van der Waals surface area contributed by atoms with E-state index in [1.165, 1.54) is 0 Å². The van der Waals surface area contributed by atoms with Gasteiger partial charge in [0.2, 0.25) is 5.91 Å². The van der Waals surface area contributed by atoms with Crippen molar-refractivity contribution in [2.24, 2.45) is 11.1 Å². The van der Waals surface area contributed by atoms with Crippen molar-refractivity contribution in [3.8, 4) is 0 Å². The van der Waals surface area contributed by atoms with E-state index in [2.05, 4.69) is 20.8 Å². The van der Waals surface area contributed by atoms with Crippen LogP contribution in [0.1, 0.15) is 46.5 Å². The highest BCUT2D eigenvalue weighted by atomic mass is 16.1. The maximum absolute atomic E-state index is 10.5. The zero-order valence-corrected chi connectivity index (χ0v) is 7.81. The third-order valence-electron chi connectivity index (χ3n) is 2.68. The van der Waals surface area contributed by atoms with Gasteiger partial charge in [0.25, 0.3) is 0 Å². The van der Waals surface area contributed by atoms with Gasteiger partial charge in [0.1, 0.15) is 0 Å². The molecule has 1 amide bonds. The van der Waals surface area contributed by atoms with Crippen LogP contribution in [0.25, 0.3) is 0 Å². The van der Waals surface area contributed by atoms with Gasteiger partial charge >= 0.3 is 0 Å². The molecule has 0 aliphatic carbocycles. The smallest absolute Gasteiger partial charge is 0.217 e. The number of carbonyl (C=O) groups is 1. The first-order valence-corrected chi connectivity index (χ1v) is 4.32. The molecule has 0 spiro atoms. The van der Waals surface area contributed by atoms with Crippen molar-refractivity contribution in [2.45, 2.75) is 46.5 Å². The Kier molecular flexibility index (Phi) is 4.16. The minimum absolute atomic E-state index is 0.182. The van der Waals surface area contributed by atoms with Crippen LogP contribution in [0.4, 0.5) is 0 Å². The van der Waals surface area contributed by atoms with E-state index >= 15 is 0 Å². The zero-order chi connectivity index (χ0) is 8.91. The fourth-order valence-electron chi connectivity index (χ4n) is 1.03. The van der Waals surface area contributed by atoms with Gasteiger partial charge in [-0.05, 0) is 11.8 Å². The monoisotopic (exact) mass is 157 g/mol. The maximum atomic E-state index is 10.5. The molecule has 2 heteroatoms. The van der Waals surface area contributed by atoms with Crippen LogP contribution in [0.5, 0.6) is 0 Å². The summed E-state index contributed by atoms with van der Waals surface area (Å²) in [4.78, 5) is 10.5. The molecule has 0 aliphatic heterocycles. The van der Waals surface area contributed by atoms with Crippen LogP contribution in [0, 0.1) is 5.41 Å². The van der Waals surface area contributed by atoms with Crippen LogP contribution in [0.15, 0.2) is 0 Å². The van der Waals surface area contributed by atoms with Gasteiger partial charge in [-0.2, -0.15) is 0 Å². The molecule has 0 heterocycles. The first-order valence-electron chi connectivity index (χ1n) is 4.32. The molecule has 2 N–H and O–H groups in total. The molecule has 0 rings (SSSR count). The number of carbonyl (C=O) groups excluding carboxylic acids is 1. The van der Waals surface area contributed by atoms with Crippen LogP contribution in [0.2, 0.25) is 0 Å². The normalized spacial score (nSPS) is 11.5. The van der Waals surface area contributed by atoms with Gasteiger partial charge in [-0.3, -0.25) is 4.79 Å². The summed E-state index contributed by atoms with van der Waals surface area (Å²) in [6, 6.07) is 0. The first kappa shape index (κ1) is 10.5. The summed E-state index contributed by atoms with van der Waals surface area (Å²) < 4.78 is 0. The lowest BCUT2D eigenvalue weighted by Crippen LogP contribution is -2.19. The lowest BCUT2D eigenvalue weighted by molar-refractivity contribution is -0.118. The Balaban J connectivity index is 3.78. The fraction of sp³-hybridized carbons (Fsp3) is 0.889. The molecule has 0 saturated carbocycles. The summed E-state index contributed by atoms with van der Waals surface area (Å²) in [5.74, 6) is -0.182. The second-order valence-electron chi connectivity index (χ2n) is 3.48. The minimum Gasteiger partial charge on any atom is -0.370 e. The molecule has 0 radical (unpaired) electrons. The molecule has 0 aromatic heterocycles. The van der Waals surface area contributed by atoms with Gasteiger partial charge in [0.05, 0.1) is 0 Å². The molecule has 0 aromatic rings. The number of nitrogens with two attached hydrogens (primary N) is 1. The van der Waals surface area contributed by atoms with Gasteiger partial charge in [0, 0.05) is 6.42 Å². The average molecular weight is 157 g/mol. The highest BCUT2D eigenvalue weighted by molar-refractivity contribution is 5.73. The molecule has 0 unspecified atom stereocenters. The Bertz CT molecular complexity index is 128. The van der Waals surface area contributed by atoms with Crippen molar-refractivity contribution >= 4 is 5.91 Å². The maximum Gasteiger partial charge on any atom is 0.217 e. The van der Waals surface area contributed by atoms with E-state index in [1.54, 1.807) is 0 Å². The summed E-state index contributed by atoms with van der Waals surface area (Å²) in [5, 5.41) is 0. The number of hydrogen-bond donors (Lipinski definition) is 1. The lowest BCUT2D eigenvalue weighted by Gasteiger charge is -2.25. The van der Waals surface area contributed by atoms with Gasteiger partial charge in [-0.15, -0.1) is 0 Å². The Morgan fingerprint density at radius 2 is 1.82 bits per heavy atom. The van der Waals surface area contributed by atoms with E-state index in [4.69, 9.17) is 5.73 Å². The highest BCUT2D eigenvalue weighted by Crippen LogP contribution is 2.30. The largest absolute Gasteiger partial charge is 0.370 e. The van der Waals surface area contributed by atoms with Crippen LogP contribution >= 0.6 is 0 Å². The molecule has 2 nitrogen and oxygen atoms in total. The molecule has 0 bridgehead atoms. The molecular weight excluding hydrogens is 138 g/mol. The second kappa shape index (κ2) is 4.37. The van der Waals surface area contributed by atoms with Gasteiger partial charge in [0.15, 0.2) is 0 Å². The van der Waals surface area contributed by atoms with Crippen LogP contribution in [-0.2, 0) is 4.79 Å². The van der Waals surface area contributed by atoms with E-state index in [1.807, 2.05) is 0 Å². The van der Waals surface area contributed by atoms with Crippen LogP contribution < -0.4 is 5.73 Å². The summed E-state index contributed by atoms with van der Waals surface area (Å²) in [5.41, 5.74) is 5.38. The molecule has 11 heavy (non-hydrogen) atoms. The number of hydrogen-bond acceptors (Lipinski definition) is 1. The number of rotatable bonds is 5. The molecule has 0 saturated heterocycles. The summed E-state index contributed by atoms with van der Waals surface area (Å²) >= 11 is 0. The lowest BCUT2D eigenvalue weighted by atomic mass is 9.80. The first-order chi connectivity index (χ1) is 5.04. The molecule has 0 atom stereocenters. The van der Waals surface area contributed by atoms with Gasteiger partial charge < -0.3 is 5.73 Å². The molecular formula is C9H19NO. The van der Waals surface area contributed by atoms with Crippen molar-refractivity contribution in [1.82, 2.24) is 0 Å². The molecule has 0 fully saturated rings. The Labute approximate surface area is 69.2 Å². The van der Waals surface area contributed by atoms with E-state index in [0.717, 1.165) is 19.3 Å². The highest BCUT2D eigenvalue weighted by Gasteiger charge is 2.19. The SMILES string of the molecule is CCC(C)(CC)CCC(N)=O. The predicted octanol–water partition coefficient (Wildman–Crippen LogP) is 2.08. The minimum atomic E-state index is -0.182. The quantitative estimate of drug-likeness (QED) is 0.652.